The maximum Gasteiger partial charge on any atom is 0.530 e. The highest BCUT2D eigenvalue weighted by Crippen LogP contribution is 2.50. The number of aryl methyl sites for hydroxylation is 1. The zero-order valence-corrected chi connectivity index (χ0v) is 32.0. The number of thioether (sulfide) groups is 1. The number of azide groups is 1. The van der Waals surface area contributed by atoms with Crippen molar-refractivity contribution in [3.05, 3.63) is 72.9 Å². The number of aromatic amines is 1. The van der Waals surface area contributed by atoms with Gasteiger partial charge in [-0.1, -0.05) is 49.8 Å². The van der Waals surface area contributed by atoms with Crippen LogP contribution >= 0.6 is 19.6 Å². The second-order valence-corrected chi connectivity index (χ2v) is 16.4. The smallest absolute Gasteiger partial charge is 0.467 e. The van der Waals surface area contributed by atoms with E-state index >= 15 is 0 Å². The van der Waals surface area contributed by atoms with Crippen LogP contribution in [0.2, 0.25) is 0 Å². The van der Waals surface area contributed by atoms with E-state index in [-0.39, 0.29) is 41.6 Å². The summed E-state index contributed by atoms with van der Waals surface area (Å²) in [6, 6.07) is 4.09. The van der Waals surface area contributed by atoms with Crippen LogP contribution in [0.3, 0.4) is 0 Å². The quantitative estimate of drug-likeness (QED) is 0.0610. The first kappa shape index (κ1) is 42.3. The Morgan fingerprint density at radius 2 is 1.83 bits per heavy atom. The van der Waals surface area contributed by atoms with E-state index in [1.165, 1.54) is 32.4 Å². The van der Waals surface area contributed by atoms with Crippen LogP contribution in [0.5, 0.6) is 5.75 Å². The molecule has 1 aliphatic heterocycles. The van der Waals surface area contributed by atoms with Crippen LogP contribution in [0.4, 0.5) is 4.79 Å². The Hall–Kier alpha value is -4.12. The number of benzene rings is 1. The molecule has 2 heterocycles. The third-order valence-corrected chi connectivity index (χ3v) is 9.84. The summed E-state index contributed by atoms with van der Waals surface area (Å²) >= 11 is 0.991. The lowest BCUT2D eigenvalue weighted by molar-refractivity contribution is -0.143. The topological polar surface area (TPSA) is 239 Å². The molecule has 1 aliphatic rings. The Kier molecular flexibility index (Phi) is 14.7. The van der Waals surface area contributed by atoms with Gasteiger partial charge in [-0.2, -0.15) is 0 Å². The van der Waals surface area contributed by atoms with E-state index in [9.17, 15) is 34.1 Å². The molecule has 0 aliphatic carbocycles. The highest BCUT2D eigenvalue weighted by atomic mass is 32.2. The summed E-state index contributed by atoms with van der Waals surface area (Å²) in [5, 5.41) is 6.14. The second-order valence-electron chi connectivity index (χ2n) is 13.7. The van der Waals surface area contributed by atoms with Gasteiger partial charge in [0.2, 0.25) is 0 Å². The van der Waals surface area contributed by atoms with E-state index in [2.05, 4.69) is 20.3 Å². The predicted octanol–water partition coefficient (Wildman–Crippen LogP) is 4.95. The van der Waals surface area contributed by atoms with Crippen molar-refractivity contribution in [2.75, 3.05) is 26.1 Å². The van der Waals surface area contributed by atoms with Crippen LogP contribution < -0.4 is 21.1 Å². The number of carbonyl (C=O) groups is 3. The zero-order valence-electron chi connectivity index (χ0n) is 30.3. The summed E-state index contributed by atoms with van der Waals surface area (Å²) in [5.74, 6) is -0.521. The van der Waals surface area contributed by atoms with Crippen LogP contribution in [0, 0.1) is 12.3 Å². The van der Waals surface area contributed by atoms with Crippen molar-refractivity contribution in [3.63, 3.8) is 0 Å². The summed E-state index contributed by atoms with van der Waals surface area (Å²) < 4.78 is 48.2. The SMILES string of the molecule is COC(=O)[C@H](Cc1ccc(OP(=O)(OCCSC(=O)C(C)(C)C)OC[C@H]2O[C@@H](n3cc(C)c(=O)[nH]c3=O)C[C@@H]2N=[N+]=[N-])cc1)NC(=O)OC(C)(C)C. The maximum absolute atomic E-state index is 14.0. The molecule has 0 spiro atoms. The molecule has 3 rings (SSSR count). The van der Waals surface area contributed by atoms with Gasteiger partial charge in [-0.3, -0.25) is 28.2 Å². The molecule has 2 aromatic rings. The number of hydrogen-bond donors (Lipinski definition) is 2. The van der Waals surface area contributed by atoms with Gasteiger partial charge < -0.3 is 24.1 Å². The van der Waals surface area contributed by atoms with Crippen molar-refractivity contribution in [3.8, 4) is 5.75 Å². The average Bonchev–Trinajstić information content (AvgIpc) is 3.45. The lowest BCUT2D eigenvalue weighted by atomic mass is 10.00. The minimum atomic E-state index is -4.46. The first-order valence-corrected chi connectivity index (χ1v) is 18.6. The summed E-state index contributed by atoms with van der Waals surface area (Å²) in [7, 11) is -3.27. The number of alkyl carbamates (subject to hydrolysis) is 1. The zero-order chi connectivity index (χ0) is 38.9. The molecule has 52 heavy (non-hydrogen) atoms. The molecule has 1 fully saturated rings. The Balaban J connectivity index is 1.78. The minimum Gasteiger partial charge on any atom is -0.467 e. The number of H-pyrrole nitrogens is 1. The Morgan fingerprint density at radius 3 is 2.42 bits per heavy atom. The molecular formula is C32H45N6O12PS. The largest absolute Gasteiger partial charge is 0.530 e. The second kappa shape index (κ2) is 18.1. The molecule has 5 atom stereocenters. The van der Waals surface area contributed by atoms with Gasteiger partial charge in [0, 0.05) is 40.7 Å². The van der Waals surface area contributed by atoms with E-state index in [0.29, 0.717) is 5.56 Å². The number of phosphoric ester groups is 1. The number of ether oxygens (including phenoxy) is 3. The average molecular weight is 769 g/mol. The molecule has 18 nitrogen and oxygen atoms in total. The monoisotopic (exact) mass is 768 g/mol. The van der Waals surface area contributed by atoms with E-state index in [4.69, 9.17) is 27.8 Å². The molecule has 1 aromatic heterocycles. The van der Waals surface area contributed by atoms with Crippen molar-refractivity contribution >= 4 is 36.8 Å². The van der Waals surface area contributed by atoms with Gasteiger partial charge >= 0.3 is 25.6 Å². The molecular weight excluding hydrogens is 723 g/mol. The molecule has 2 N–H and O–H groups in total. The van der Waals surface area contributed by atoms with Crippen LogP contribution in [-0.2, 0) is 43.8 Å². The highest BCUT2D eigenvalue weighted by molar-refractivity contribution is 8.13. The highest BCUT2D eigenvalue weighted by Gasteiger charge is 2.40. The van der Waals surface area contributed by atoms with Gasteiger partial charge in [-0.05, 0) is 50.9 Å². The fraction of sp³-hybridized carbons (Fsp3) is 0.594. The number of phosphoric acid groups is 1. The number of nitrogens with zero attached hydrogens (tertiary/aromatic N) is 4. The Labute approximate surface area is 304 Å². The van der Waals surface area contributed by atoms with Crippen molar-refractivity contribution in [2.24, 2.45) is 10.5 Å². The molecule has 286 valence electrons. The minimum absolute atomic E-state index is 0.0226. The fourth-order valence-electron chi connectivity index (χ4n) is 4.61. The molecule has 1 unspecified atom stereocenters. The van der Waals surface area contributed by atoms with Crippen molar-refractivity contribution in [2.45, 2.75) is 91.3 Å². The third kappa shape index (κ3) is 12.8. The standard InChI is InChI=1S/C32H45N6O12PS/c1-19-17-38(29(42)35-26(19)39)25-16-22(36-37-33)24(48-25)18-47-51(44,46-13-14-52-28(41)31(2,3)4)50-21-11-9-20(10-12-21)15-23(27(40)45-8)34-30(43)49-32(5,6)7/h9-12,17,22-25H,13-16,18H2,1-8H3,(H,34,43)(H,35,39,42)/t22-,23-,24+,25+,51?/m0/s1. The number of aromatic nitrogens is 2. The molecule has 20 heteroatoms. The number of nitrogens with one attached hydrogen (secondary N) is 2. The Morgan fingerprint density at radius 1 is 1.15 bits per heavy atom. The number of rotatable bonds is 15. The van der Waals surface area contributed by atoms with E-state index in [1.54, 1.807) is 53.7 Å². The van der Waals surface area contributed by atoms with Crippen LogP contribution in [-0.4, -0.2) is 76.6 Å². The summed E-state index contributed by atoms with van der Waals surface area (Å²) in [6.07, 6.45) is -1.37. The van der Waals surface area contributed by atoms with E-state index in [1.807, 2.05) is 0 Å². The van der Waals surface area contributed by atoms with Crippen molar-refractivity contribution < 1.29 is 46.7 Å². The van der Waals surface area contributed by atoms with Crippen LogP contribution in [0.15, 0.2) is 45.2 Å². The number of hydrogen-bond acceptors (Lipinski definition) is 14. The van der Waals surface area contributed by atoms with Crippen molar-refractivity contribution in [1.29, 1.82) is 0 Å². The summed E-state index contributed by atoms with van der Waals surface area (Å²) in [5.41, 5.74) is 7.30. The molecule has 0 radical (unpaired) electrons. The van der Waals surface area contributed by atoms with Gasteiger partial charge in [0.25, 0.3) is 5.56 Å². The Bertz CT molecular complexity index is 1800. The van der Waals surface area contributed by atoms with E-state index in [0.717, 1.165) is 16.3 Å². The third-order valence-electron chi connectivity index (χ3n) is 7.19. The van der Waals surface area contributed by atoms with Gasteiger partial charge in [-0.15, -0.1) is 0 Å². The van der Waals surface area contributed by atoms with Gasteiger partial charge in [0.1, 0.15) is 23.6 Å². The summed E-state index contributed by atoms with van der Waals surface area (Å²) in [4.78, 5) is 66.5. The normalized spacial score (nSPS) is 19.1. The van der Waals surface area contributed by atoms with Gasteiger partial charge in [-0.25, -0.2) is 18.9 Å². The maximum atomic E-state index is 14.0. The number of esters is 1. The van der Waals surface area contributed by atoms with Gasteiger partial charge in [0.05, 0.1) is 32.5 Å². The van der Waals surface area contributed by atoms with Crippen molar-refractivity contribution in [1.82, 2.24) is 14.9 Å². The molecule has 1 amide bonds. The molecule has 1 saturated heterocycles. The number of carbonyl (C=O) groups excluding carboxylic acids is 3. The lowest BCUT2D eigenvalue weighted by Crippen LogP contribution is -2.45. The first-order chi connectivity index (χ1) is 24.2. The predicted molar refractivity (Wildman–Crippen MR) is 190 cm³/mol. The van der Waals surface area contributed by atoms with Gasteiger partial charge in [0.15, 0.2) is 5.12 Å². The fourth-order valence-corrected chi connectivity index (χ4v) is 6.73. The van der Waals surface area contributed by atoms with Crippen LogP contribution in [0.1, 0.15) is 65.3 Å². The molecule has 0 bridgehead atoms. The molecule has 0 saturated carbocycles. The van der Waals surface area contributed by atoms with Crippen LogP contribution in [0.25, 0.3) is 10.4 Å². The first-order valence-electron chi connectivity index (χ1n) is 16.2. The number of methoxy groups -OCH3 is 1. The molecule has 1 aromatic carbocycles. The lowest BCUT2D eigenvalue weighted by Gasteiger charge is -2.23. The summed E-state index contributed by atoms with van der Waals surface area (Å²) in [6.45, 7) is 11.2. The van der Waals surface area contributed by atoms with E-state index < -0.39 is 73.2 Å². The number of amides is 1.